The lowest BCUT2D eigenvalue weighted by molar-refractivity contribution is 0.141. The molecule has 1 aliphatic heterocycles. The molecule has 0 bridgehead atoms. The summed E-state index contributed by atoms with van der Waals surface area (Å²) in [5.41, 5.74) is 1.38. The maximum atomic E-state index is 5.43. The predicted octanol–water partition coefficient (Wildman–Crippen LogP) is 2.84. The standard InChI is InChI=1S/C17H28N2O/c1-2-20-14-11-18-17(16-9-5-3-6-10-16)15-19-12-7-4-8-13-19/h3,5-6,9-10,17-18H,2,4,7-8,11-15H2,1H3/t17-/m1/s1. The van der Waals surface area contributed by atoms with Gasteiger partial charge in [0.1, 0.15) is 0 Å². The van der Waals surface area contributed by atoms with E-state index < -0.39 is 0 Å². The van der Waals surface area contributed by atoms with Gasteiger partial charge in [-0.15, -0.1) is 0 Å². The zero-order valence-electron chi connectivity index (χ0n) is 12.7. The molecule has 1 aromatic carbocycles. The van der Waals surface area contributed by atoms with Crippen LogP contribution in [0.3, 0.4) is 0 Å². The quantitative estimate of drug-likeness (QED) is 0.739. The van der Waals surface area contributed by atoms with Gasteiger partial charge in [0, 0.05) is 25.7 Å². The average Bonchev–Trinajstić information content (AvgIpc) is 2.52. The van der Waals surface area contributed by atoms with E-state index in [0.717, 1.165) is 26.3 Å². The highest BCUT2D eigenvalue weighted by atomic mass is 16.5. The number of ether oxygens (including phenoxy) is 1. The van der Waals surface area contributed by atoms with Gasteiger partial charge in [0.15, 0.2) is 0 Å². The number of nitrogens with zero attached hydrogens (tertiary/aromatic N) is 1. The molecular formula is C17H28N2O. The van der Waals surface area contributed by atoms with Crippen molar-refractivity contribution in [2.75, 3.05) is 39.4 Å². The third-order valence-corrected chi connectivity index (χ3v) is 3.93. The molecule has 3 nitrogen and oxygen atoms in total. The molecule has 3 heteroatoms. The fourth-order valence-electron chi connectivity index (χ4n) is 2.82. The number of benzene rings is 1. The van der Waals surface area contributed by atoms with Crippen LogP contribution in [0.1, 0.15) is 37.8 Å². The zero-order chi connectivity index (χ0) is 14.0. The number of likely N-dealkylation sites (tertiary alicyclic amines) is 1. The maximum absolute atomic E-state index is 5.43. The molecule has 1 N–H and O–H groups in total. The summed E-state index contributed by atoms with van der Waals surface area (Å²) in [4.78, 5) is 2.59. The highest BCUT2D eigenvalue weighted by Crippen LogP contribution is 2.17. The van der Waals surface area contributed by atoms with Crippen LogP contribution in [-0.4, -0.2) is 44.3 Å². The molecule has 0 spiro atoms. The predicted molar refractivity (Wildman–Crippen MR) is 84.0 cm³/mol. The Kier molecular flexibility index (Phi) is 7.06. The van der Waals surface area contributed by atoms with Gasteiger partial charge in [-0.3, -0.25) is 0 Å². The van der Waals surface area contributed by atoms with Gasteiger partial charge < -0.3 is 15.0 Å². The third-order valence-electron chi connectivity index (χ3n) is 3.93. The Balaban J connectivity index is 1.89. The molecule has 20 heavy (non-hydrogen) atoms. The van der Waals surface area contributed by atoms with Crippen molar-refractivity contribution in [3.8, 4) is 0 Å². The van der Waals surface area contributed by atoms with Crippen LogP contribution in [-0.2, 0) is 4.74 Å². The topological polar surface area (TPSA) is 24.5 Å². The van der Waals surface area contributed by atoms with Crippen molar-refractivity contribution in [1.82, 2.24) is 10.2 Å². The van der Waals surface area contributed by atoms with Gasteiger partial charge >= 0.3 is 0 Å². The van der Waals surface area contributed by atoms with E-state index in [1.165, 1.54) is 37.9 Å². The number of piperidine rings is 1. The fraction of sp³-hybridized carbons (Fsp3) is 0.647. The molecule has 0 unspecified atom stereocenters. The second kappa shape index (κ2) is 9.11. The summed E-state index contributed by atoms with van der Waals surface area (Å²) in [5.74, 6) is 0. The molecule has 0 aromatic heterocycles. The molecule has 0 aliphatic carbocycles. The van der Waals surface area contributed by atoms with Gasteiger partial charge in [0.25, 0.3) is 0 Å². The summed E-state index contributed by atoms with van der Waals surface area (Å²) in [6, 6.07) is 11.2. The van der Waals surface area contributed by atoms with Gasteiger partial charge in [0.2, 0.25) is 0 Å². The average molecular weight is 276 g/mol. The van der Waals surface area contributed by atoms with Crippen LogP contribution in [0.25, 0.3) is 0 Å². The molecule has 1 atom stereocenters. The minimum atomic E-state index is 0.412. The van der Waals surface area contributed by atoms with E-state index in [4.69, 9.17) is 4.74 Å². The van der Waals surface area contributed by atoms with Gasteiger partial charge in [-0.25, -0.2) is 0 Å². The number of hydrogen-bond acceptors (Lipinski definition) is 3. The summed E-state index contributed by atoms with van der Waals surface area (Å²) in [6.07, 6.45) is 4.09. The normalized spacial score (nSPS) is 18.1. The number of nitrogens with one attached hydrogen (secondary N) is 1. The molecule has 1 aromatic rings. The van der Waals surface area contributed by atoms with Crippen LogP contribution in [0.4, 0.5) is 0 Å². The van der Waals surface area contributed by atoms with E-state index in [1.807, 2.05) is 6.92 Å². The second-order valence-corrected chi connectivity index (χ2v) is 5.48. The molecule has 2 rings (SSSR count). The lowest BCUT2D eigenvalue weighted by Gasteiger charge is -2.31. The van der Waals surface area contributed by atoms with Crippen LogP contribution in [0.2, 0.25) is 0 Å². The SMILES string of the molecule is CCOCCN[C@H](CN1CCCCC1)c1ccccc1. The molecular weight excluding hydrogens is 248 g/mol. The molecule has 0 saturated carbocycles. The molecule has 1 aliphatic rings. The second-order valence-electron chi connectivity index (χ2n) is 5.48. The van der Waals surface area contributed by atoms with Gasteiger partial charge in [-0.1, -0.05) is 36.8 Å². The lowest BCUT2D eigenvalue weighted by atomic mass is 10.0. The molecule has 0 radical (unpaired) electrons. The number of rotatable bonds is 8. The van der Waals surface area contributed by atoms with E-state index in [-0.39, 0.29) is 0 Å². The first kappa shape index (κ1) is 15.5. The van der Waals surface area contributed by atoms with E-state index >= 15 is 0 Å². The molecule has 0 amide bonds. The minimum Gasteiger partial charge on any atom is -0.380 e. The Morgan fingerprint density at radius 2 is 1.90 bits per heavy atom. The van der Waals surface area contributed by atoms with Crippen molar-refractivity contribution < 1.29 is 4.74 Å². The lowest BCUT2D eigenvalue weighted by Crippen LogP contribution is -2.39. The fourth-order valence-corrected chi connectivity index (χ4v) is 2.82. The molecule has 1 fully saturated rings. The highest BCUT2D eigenvalue weighted by molar-refractivity contribution is 5.19. The van der Waals surface area contributed by atoms with Crippen molar-refractivity contribution in [3.05, 3.63) is 35.9 Å². The van der Waals surface area contributed by atoms with E-state index in [9.17, 15) is 0 Å². The van der Waals surface area contributed by atoms with Crippen molar-refractivity contribution in [3.63, 3.8) is 0 Å². The Bertz CT molecular complexity index is 349. The first-order chi connectivity index (χ1) is 9.90. The Hall–Kier alpha value is -0.900. The zero-order valence-corrected chi connectivity index (χ0v) is 12.7. The molecule has 1 saturated heterocycles. The van der Waals surface area contributed by atoms with E-state index in [0.29, 0.717) is 6.04 Å². The van der Waals surface area contributed by atoms with Gasteiger partial charge in [0.05, 0.1) is 6.61 Å². The summed E-state index contributed by atoms with van der Waals surface area (Å²) >= 11 is 0. The van der Waals surface area contributed by atoms with Crippen molar-refractivity contribution in [1.29, 1.82) is 0 Å². The van der Waals surface area contributed by atoms with Crippen molar-refractivity contribution >= 4 is 0 Å². The maximum Gasteiger partial charge on any atom is 0.0590 e. The first-order valence-corrected chi connectivity index (χ1v) is 7.98. The van der Waals surface area contributed by atoms with Crippen LogP contribution < -0.4 is 5.32 Å². The van der Waals surface area contributed by atoms with Crippen LogP contribution >= 0.6 is 0 Å². The number of hydrogen-bond donors (Lipinski definition) is 1. The van der Waals surface area contributed by atoms with E-state index in [2.05, 4.69) is 40.5 Å². The smallest absolute Gasteiger partial charge is 0.0590 e. The van der Waals surface area contributed by atoms with Crippen molar-refractivity contribution in [2.45, 2.75) is 32.2 Å². The van der Waals surface area contributed by atoms with Crippen LogP contribution in [0.5, 0.6) is 0 Å². The first-order valence-electron chi connectivity index (χ1n) is 7.98. The van der Waals surface area contributed by atoms with Gasteiger partial charge in [-0.2, -0.15) is 0 Å². The summed E-state index contributed by atoms with van der Waals surface area (Å²) in [5, 5.41) is 3.65. The Morgan fingerprint density at radius 3 is 2.60 bits per heavy atom. The molecule has 112 valence electrons. The summed E-state index contributed by atoms with van der Waals surface area (Å²) < 4.78 is 5.43. The summed E-state index contributed by atoms with van der Waals surface area (Å²) in [7, 11) is 0. The van der Waals surface area contributed by atoms with Crippen LogP contribution in [0.15, 0.2) is 30.3 Å². The van der Waals surface area contributed by atoms with Gasteiger partial charge in [-0.05, 0) is 38.4 Å². The largest absolute Gasteiger partial charge is 0.380 e. The highest BCUT2D eigenvalue weighted by Gasteiger charge is 2.17. The van der Waals surface area contributed by atoms with Crippen molar-refractivity contribution in [2.24, 2.45) is 0 Å². The summed E-state index contributed by atoms with van der Waals surface area (Å²) in [6.45, 7) is 8.15. The monoisotopic (exact) mass is 276 g/mol. The minimum absolute atomic E-state index is 0.412. The third kappa shape index (κ3) is 5.23. The molecule has 1 heterocycles. The van der Waals surface area contributed by atoms with Crippen LogP contribution in [0, 0.1) is 0 Å². The Morgan fingerprint density at radius 1 is 1.15 bits per heavy atom. The Labute approximate surface area is 123 Å². The van der Waals surface area contributed by atoms with E-state index in [1.54, 1.807) is 0 Å².